The van der Waals surface area contributed by atoms with E-state index in [1.54, 1.807) is 33.0 Å². The van der Waals surface area contributed by atoms with Crippen molar-refractivity contribution < 1.29 is 18.7 Å². The summed E-state index contributed by atoms with van der Waals surface area (Å²) < 4.78 is 12.1. The second-order valence-electron chi connectivity index (χ2n) is 6.66. The van der Waals surface area contributed by atoms with Gasteiger partial charge in [-0.1, -0.05) is 6.07 Å². The molecule has 144 valence electrons. The number of furan rings is 1. The third-order valence-electron chi connectivity index (χ3n) is 4.66. The molecule has 0 saturated carbocycles. The van der Waals surface area contributed by atoms with Crippen molar-refractivity contribution in [1.29, 1.82) is 0 Å². The summed E-state index contributed by atoms with van der Waals surface area (Å²) in [5.74, 6) is 0.228. The average molecular weight is 382 g/mol. The quantitative estimate of drug-likeness (QED) is 0.712. The topological polar surface area (TPSA) is 115 Å². The lowest BCUT2D eigenvalue weighted by molar-refractivity contribution is -0.118. The molecule has 1 unspecified atom stereocenters. The SMILES string of the molecule is Cc1oc2ncn(C)c(=O)c2c1C(=O)NC(C)c1ccc2c(c1)NC(=O)CO2. The second-order valence-corrected chi connectivity index (χ2v) is 6.66. The Morgan fingerprint density at radius 3 is 2.93 bits per heavy atom. The van der Waals surface area contributed by atoms with Crippen molar-refractivity contribution in [2.24, 2.45) is 7.05 Å². The minimum atomic E-state index is -0.438. The van der Waals surface area contributed by atoms with E-state index in [1.807, 2.05) is 6.07 Å². The summed E-state index contributed by atoms with van der Waals surface area (Å²) in [6, 6.07) is 4.91. The predicted molar refractivity (Wildman–Crippen MR) is 100 cm³/mol. The highest BCUT2D eigenvalue weighted by molar-refractivity contribution is 6.06. The van der Waals surface area contributed by atoms with Gasteiger partial charge in [-0.3, -0.25) is 14.4 Å². The molecule has 2 aromatic heterocycles. The lowest BCUT2D eigenvalue weighted by Crippen LogP contribution is -2.29. The number of nitrogens with one attached hydrogen (secondary N) is 2. The highest BCUT2D eigenvalue weighted by Crippen LogP contribution is 2.31. The van der Waals surface area contributed by atoms with E-state index >= 15 is 0 Å². The van der Waals surface area contributed by atoms with Gasteiger partial charge in [0.2, 0.25) is 5.71 Å². The number of ether oxygens (including phenoxy) is 1. The zero-order valence-electron chi connectivity index (χ0n) is 15.5. The lowest BCUT2D eigenvalue weighted by atomic mass is 10.1. The van der Waals surface area contributed by atoms with Gasteiger partial charge in [0, 0.05) is 7.05 Å². The van der Waals surface area contributed by atoms with Gasteiger partial charge in [-0.15, -0.1) is 0 Å². The standard InChI is InChI=1S/C19H18N4O5/c1-9(11-4-5-13-12(6-11)22-14(24)7-27-13)21-17(25)15-10(2)28-18-16(15)19(26)23(3)8-20-18/h4-6,8-9H,7H2,1-3H3,(H,21,25)(H,22,24). The molecule has 0 spiro atoms. The van der Waals surface area contributed by atoms with Crippen LogP contribution in [0.3, 0.4) is 0 Å². The summed E-state index contributed by atoms with van der Waals surface area (Å²) in [5.41, 5.74) is 1.28. The van der Waals surface area contributed by atoms with Crippen molar-refractivity contribution in [1.82, 2.24) is 14.9 Å². The van der Waals surface area contributed by atoms with Crippen LogP contribution in [0.15, 0.2) is 33.7 Å². The molecule has 1 atom stereocenters. The van der Waals surface area contributed by atoms with Crippen LogP contribution in [-0.4, -0.2) is 28.0 Å². The Labute approximate surface area is 159 Å². The van der Waals surface area contributed by atoms with E-state index in [9.17, 15) is 14.4 Å². The zero-order chi connectivity index (χ0) is 20.0. The number of carbonyl (C=O) groups is 2. The van der Waals surface area contributed by atoms with Crippen LogP contribution in [0, 0.1) is 6.92 Å². The van der Waals surface area contributed by atoms with E-state index in [2.05, 4.69) is 15.6 Å². The number of carbonyl (C=O) groups excluding carboxylic acids is 2. The summed E-state index contributed by atoms with van der Waals surface area (Å²) in [5, 5.41) is 5.76. The number of amides is 2. The van der Waals surface area contributed by atoms with Crippen LogP contribution in [0.5, 0.6) is 5.75 Å². The van der Waals surface area contributed by atoms with Gasteiger partial charge in [0.1, 0.15) is 23.2 Å². The van der Waals surface area contributed by atoms with Crippen molar-refractivity contribution in [3.63, 3.8) is 0 Å². The molecule has 2 N–H and O–H groups in total. The van der Waals surface area contributed by atoms with Crippen molar-refractivity contribution in [2.75, 3.05) is 11.9 Å². The number of fused-ring (bicyclic) bond motifs is 2. The van der Waals surface area contributed by atoms with E-state index in [0.717, 1.165) is 5.56 Å². The molecule has 9 heteroatoms. The van der Waals surface area contributed by atoms with Crippen LogP contribution < -0.4 is 20.9 Å². The van der Waals surface area contributed by atoms with Gasteiger partial charge in [-0.25, -0.2) is 4.98 Å². The largest absolute Gasteiger partial charge is 0.482 e. The van der Waals surface area contributed by atoms with Gasteiger partial charge >= 0.3 is 0 Å². The molecule has 3 heterocycles. The van der Waals surface area contributed by atoms with Crippen molar-refractivity contribution >= 4 is 28.6 Å². The molecule has 0 fully saturated rings. The second kappa shape index (κ2) is 6.52. The predicted octanol–water partition coefficient (Wildman–Crippen LogP) is 1.66. The Kier molecular flexibility index (Phi) is 4.14. The van der Waals surface area contributed by atoms with Crippen LogP contribution >= 0.6 is 0 Å². The van der Waals surface area contributed by atoms with E-state index in [0.29, 0.717) is 17.2 Å². The Balaban J connectivity index is 1.64. The molecule has 9 nitrogen and oxygen atoms in total. The lowest BCUT2D eigenvalue weighted by Gasteiger charge is -2.21. The zero-order valence-corrected chi connectivity index (χ0v) is 15.5. The van der Waals surface area contributed by atoms with E-state index in [1.165, 1.54) is 10.9 Å². The fraction of sp³-hybridized carbons (Fsp3) is 0.263. The van der Waals surface area contributed by atoms with Crippen LogP contribution in [-0.2, 0) is 11.8 Å². The van der Waals surface area contributed by atoms with Crippen LogP contribution in [0.2, 0.25) is 0 Å². The van der Waals surface area contributed by atoms with Gasteiger partial charge in [0.25, 0.3) is 17.4 Å². The minimum Gasteiger partial charge on any atom is -0.482 e. The molecular weight excluding hydrogens is 364 g/mol. The maximum absolute atomic E-state index is 12.9. The highest BCUT2D eigenvalue weighted by atomic mass is 16.5. The van der Waals surface area contributed by atoms with Crippen LogP contribution in [0.25, 0.3) is 11.1 Å². The number of nitrogens with zero attached hydrogens (tertiary/aromatic N) is 2. The third-order valence-corrected chi connectivity index (χ3v) is 4.66. The normalized spacial score (nSPS) is 14.2. The van der Waals surface area contributed by atoms with Gasteiger partial charge in [-0.2, -0.15) is 0 Å². The van der Waals surface area contributed by atoms with Gasteiger partial charge in [-0.05, 0) is 31.5 Å². The Hall–Kier alpha value is -3.62. The fourth-order valence-corrected chi connectivity index (χ4v) is 3.18. The number of hydrogen-bond acceptors (Lipinski definition) is 6. The Morgan fingerprint density at radius 1 is 1.36 bits per heavy atom. The molecule has 28 heavy (non-hydrogen) atoms. The number of hydrogen-bond donors (Lipinski definition) is 2. The monoisotopic (exact) mass is 382 g/mol. The number of benzene rings is 1. The summed E-state index contributed by atoms with van der Waals surface area (Å²) in [6.07, 6.45) is 1.35. The van der Waals surface area contributed by atoms with Gasteiger partial charge in [0.05, 0.1) is 17.3 Å². The third kappa shape index (κ3) is 2.90. The summed E-state index contributed by atoms with van der Waals surface area (Å²) in [7, 11) is 1.56. The van der Waals surface area contributed by atoms with Crippen molar-refractivity contribution in [3.8, 4) is 5.75 Å². The Bertz CT molecular complexity index is 1180. The number of aryl methyl sites for hydroxylation is 2. The smallest absolute Gasteiger partial charge is 0.265 e. The van der Waals surface area contributed by atoms with Crippen LogP contribution in [0.1, 0.15) is 34.6 Å². The van der Waals surface area contributed by atoms with Gasteiger partial charge in [0.15, 0.2) is 6.61 Å². The van der Waals surface area contributed by atoms with Gasteiger partial charge < -0.3 is 24.4 Å². The average Bonchev–Trinajstić information content (AvgIpc) is 3.01. The first kappa shape index (κ1) is 17.8. The van der Waals surface area contributed by atoms with E-state index < -0.39 is 5.91 Å². The Morgan fingerprint density at radius 2 is 2.14 bits per heavy atom. The molecule has 3 aromatic rings. The van der Waals surface area contributed by atoms with Crippen molar-refractivity contribution in [2.45, 2.75) is 19.9 Å². The number of anilines is 1. The fourth-order valence-electron chi connectivity index (χ4n) is 3.18. The summed E-state index contributed by atoms with van der Waals surface area (Å²) >= 11 is 0. The minimum absolute atomic E-state index is 0.0194. The molecule has 0 aliphatic carbocycles. The first-order chi connectivity index (χ1) is 13.3. The molecule has 1 aromatic carbocycles. The van der Waals surface area contributed by atoms with Crippen molar-refractivity contribution in [3.05, 3.63) is 51.8 Å². The first-order valence-corrected chi connectivity index (χ1v) is 8.67. The molecular formula is C19H18N4O5. The first-order valence-electron chi connectivity index (χ1n) is 8.67. The van der Waals surface area contributed by atoms with E-state index in [-0.39, 0.29) is 40.8 Å². The molecule has 1 aliphatic heterocycles. The van der Waals surface area contributed by atoms with E-state index in [4.69, 9.17) is 9.15 Å². The number of aromatic nitrogens is 2. The molecule has 4 rings (SSSR count). The molecule has 1 aliphatic rings. The molecule has 0 saturated heterocycles. The van der Waals surface area contributed by atoms with Crippen LogP contribution in [0.4, 0.5) is 5.69 Å². The highest BCUT2D eigenvalue weighted by Gasteiger charge is 2.24. The molecule has 2 amide bonds. The molecule has 0 bridgehead atoms. The molecule has 0 radical (unpaired) electrons. The number of rotatable bonds is 3. The summed E-state index contributed by atoms with van der Waals surface area (Å²) in [6.45, 7) is 3.40. The maximum Gasteiger partial charge on any atom is 0.265 e. The summed E-state index contributed by atoms with van der Waals surface area (Å²) in [4.78, 5) is 40.9. The maximum atomic E-state index is 12.9.